The standard InChI is InChI=1S/C51H33IN6/c1-32-9-6-14-41(27-32)56-47-26-20-38(31-49(47)57-44-16-3-2-15-42(44)53-51(56)57)36-13-8-11-34(29-36)33-10-7-12-35(28-33)37-19-25-43-48(30-37)58-46-18-5-4-17-45(46)55(50(58)54-43)40-23-21-39(52)22-24-40/h2-31H,1H3. The van der Waals surface area contributed by atoms with Crippen molar-refractivity contribution in [2.45, 2.75) is 6.92 Å². The van der Waals surface area contributed by atoms with E-state index in [1.54, 1.807) is 0 Å². The highest BCUT2D eigenvalue weighted by atomic mass is 127. The van der Waals surface area contributed by atoms with Crippen LogP contribution in [0.2, 0.25) is 0 Å². The number of para-hydroxylation sites is 4. The Morgan fingerprint density at radius 1 is 0.362 bits per heavy atom. The Morgan fingerprint density at radius 2 is 0.879 bits per heavy atom. The summed E-state index contributed by atoms with van der Waals surface area (Å²) in [5, 5.41) is 0. The van der Waals surface area contributed by atoms with Crippen LogP contribution in [0.25, 0.3) is 100 Å². The summed E-state index contributed by atoms with van der Waals surface area (Å²) in [5.41, 5.74) is 19.1. The van der Waals surface area contributed by atoms with Crippen molar-refractivity contribution in [2.75, 3.05) is 0 Å². The fraction of sp³-hybridized carbons (Fsp3) is 0.0196. The first-order valence-electron chi connectivity index (χ1n) is 19.4. The van der Waals surface area contributed by atoms with E-state index >= 15 is 0 Å². The van der Waals surface area contributed by atoms with Gasteiger partial charge in [-0.1, -0.05) is 84.9 Å². The zero-order chi connectivity index (χ0) is 38.5. The van der Waals surface area contributed by atoms with Gasteiger partial charge in [-0.2, -0.15) is 0 Å². The number of hydrogen-bond acceptors (Lipinski definition) is 2. The van der Waals surface area contributed by atoms with Gasteiger partial charge in [-0.25, -0.2) is 9.97 Å². The molecule has 0 bridgehead atoms. The van der Waals surface area contributed by atoms with Crippen LogP contribution in [0.15, 0.2) is 182 Å². The molecule has 0 aliphatic carbocycles. The molecule has 0 N–H and O–H groups in total. The molecule has 0 aliphatic heterocycles. The predicted molar refractivity (Wildman–Crippen MR) is 246 cm³/mol. The molecule has 274 valence electrons. The fourth-order valence-electron chi connectivity index (χ4n) is 8.78. The van der Waals surface area contributed by atoms with Gasteiger partial charge < -0.3 is 0 Å². The van der Waals surface area contributed by atoms with Gasteiger partial charge in [0.05, 0.1) is 44.1 Å². The van der Waals surface area contributed by atoms with E-state index in [-0.39, 0.29) is 0 Å². The number of aryl methyl sites for hydroxylation is 1. The van der Waals surface area contributed by atoms with Crippen molar-refractivity contribution in [3.05, 3.63) is 191 Å². The highest BCUT2D eigenvalue weighted by Gasteiger charge is 2.20. The second-order valence-corrected chi connectivity index (χ2v) is 16.3. The quantitative estimate of drug-likeness (QED) is 0.162. The van der Waals surface area contributed by atoms with Crippen LogP contribution in [0, 0.1) is 10.5 Å². The first kappa shape index (κ1) is 33.2. The number of hydrogen-bond donors (Lipinski definition) is 0. The maximum Gasteiger partial charge on any atom is 0.220 e. The molecule has 7 heteroatoms. The minimum Gasteiger partial charge on any atom is -0.278 e. The number of benzene rings is 8. The molecule has 8 aromatic carbocycles. The average Bonchev–Trinajstić information content (AvgIpc) is 4.00. The zero-order valence-electron chi connectivity index (χ0n) is 31.4. The Kier molecular flexibility index (Phi) is 7.31. The second-order valence-electron chi connectivity index (χ2n) is 15.0. The van der Waals surface area contributed by atoms with E-state index in [0.717, 1.165) is 83.8 Å². The van der Waals surface area contributed by atoms with Crippen molar-refractivity contribution in [2.24, 2.45) is 0 Å². The molecular weight excluding hydrogens is 824 g/mol. The van der Waals surface area contributed by atoms with Gasteiger partial charge in [-0.05, 0) is 166 Å². The van der Waals surface area contributed by atoms with E-state index in [4.69, 9.17) is 9.97 Å². The Morgan fingerprint density at radius 3 is 1.57 bits per heavy atom. The molecular formula is C51H33IN6. The van der Waals surface area contributed by atoms with Crippen molar-refractivity contribution in [3.8, 4) is 44.8 Å². The summed E-state index contributed by atoms with van der Waals surface area (Å²) < 4.78 is 10.3. The van der Waals surface area contributed by atoms with Gasteiger partial charge in [-0.3, -0.25) is 17.9 Å². The van der Waals surface area contributed by atoms with E-state index in [9.17, 15) is 0 Å². The molecule has 12 aromatic rings. The minimum absolute atomic E-state index is 0.909. The maximum absolute atomic E-state index is 5.17. The lowest BCUT2D eigenvalue weighted by atomic mass is 9.96. The number of nitrogens with zero attached hydrogens (tertiary/aromatic N) is 6. The molecule has 0 saturated heterocycles. The third kappa shape index (κ3) is 5.09. The van der Waals surface area contributed by atoms with Crippen LogP contribution in [0.3, 0.4) is 0 Å². The number of imidazole rings is 4. The Balaban J connectivity index is 0.954. The van der Waals surface area contributed by atoms with Crippen molar-refractivity contribution in [1.29, 1.82) is 0 Å². The summed E-state index contributed by atoms with van der Waals surface area (Å²) in [7, 11) is 0. The lowest BCUT2D eigenvalue weighted by Gasteiger charge is -2.10. The van der Waals surface area contributed by atoms with Crippen LogP contribution < -0.4 is 0 Å². The summed E-state index contributed by atoms with van der Waals surface area (Å²) in [4.78, 5) is 10.3. The molecule has 0 fully saturated rings. The Bertz CT molecular complexity index is 3600. The van der Waals surface area contributed by atoms with Crippen molar-refractivity contribution in [1.82, 2.24) is 27.9 Å². The molecule has 0 radical (unpaired) electrons. The van der Waals surface area contributed by atoms with E-state index in [1.807, 2.05) is 0 Å². The van der Waals surface area contributed by atoms with E-state index in [2.05, 4.69) is 229 Å². The summed E-state index contributed by atoms with van der Waals surface area (Å²) in [6.45, 7) is 2.14. The number of aromatic nitrogens is 6. The molecule has 0 atom stereocenters. The van der Waals surface area contributed by atoms with Gasteiger partial charge in [0.25, 0.3) is 0 Å². The highest BCUT2D eigenvalue weighted by Crippen LogP contribution is 2.36. The van der Waals surface area contributed by atoms with Gasteiger partial charge in [0.15, 0.2) is 0 Å². The molecule has 12 rings (SSSR count). The van der Waals surface area contributed by atoms with Gasteiger partial charge in [-0.15, -0.1) is 0 Å². The van der Waals surface area contributed by atoms with Crippen LogP contribution in [0.4, 0.5) is 0 Å². The summed E-state index contributed by atoms with van der Waals surface area (Å²) in [5.74, 6) is 1.82. The smallest absolute Gasteiger partial charge is 0.220 e. The van der Waals surface area contributed by atoms with E-state index in [1.165, 1.54) is 25.8 Å². The molecule has 0 spiro atoms. The van der Waals surface area contributed by atoms with Crippen molar-refractivity contribution in [3.63, 3.8) is 0 Å². The molecule has 0 saturated carbocycles. The van der Waals surface area contributed by atoms with Crippen molar-refractivity contribution < 1.29 is 0 Å². The Hall–Kier alpha value is -6.97. The Labute approximate surface area is 347 Å². The van der Waals surface area contributed by atoms with Gasteiger partial charge in [0.2, 0.25) is 11.6 Å². The van der Waals surface area contributed by atoms with Crippen LogP contribution in [0.1, 0.15) is 5.56 Å². The second kappa shape index (κ2) is 12.8. The van der Waals surface area contributed by atoms with Gasteiger partial charge in [0.1, 0.15) is 0 Å². The molecule has 0 aliphatic rings. The average molecular weight is 857 g/mol. The third-order valence-corrected chi connectivity index (χ3v) is 12.2. The molecule has 6 nitrogen and oxygen atoms in total. The maximum atomic E-state index is 5.17. The zero-order valence-corrected chi connectivity index (χ0v) is 33.5. The molecule has 4 heterocycles. The molecule has 0 unspecified atom stereocenters. The molecule has 0 amide bonds. The SMILES string of the molecule is Cc1cccc(-n2c3ccc(-c4cccc(-c5cccc(-c6ccc7nc8n(-c9ccc(I)cc9)c9ccccc9n8c7c6)c5)c4)cc3n3c4ccccc4nc23)c1. The summed E-state index contributed by atoms with van der Waals surface area (Å²) >= 11 is 2.36. The van der Waals surface area contributed by atoms with Crippen molar-refractivity contribution >= 4 is 78.3 Å². The highest BCUT2D eigenvalue weighted by molar-refractivity contribution is 14.1. The largest absolute Gasteiger partial charge is 0.278 e. The summed E-state index contributed by atoms with van der Waals surface area (Å²) in [6.07, 6.45) is 0. The number of rotatable bonds is 5. The van der Waals surface area contributed by atoms with Crippen LogP contribution in [-0.2, 0) is 0 Å². The number of fused-ring (bicyclic) bond motifs is 10. The van der Waals surface area contributed by atoms with Crippen LogP contribution >= 0.6 is 22.6 Å². The van der Waals surface area contributed by atoms with Gasteiger partial charge in [0, 0.05) is 14.9 Å². The minimum atomic E-state index is 0.909. The summed E-state index contributed by atoms with van der Waals surface area (Å²) in [6, 6.07) is 65.4. The van der Waals surface area contributed by atoms with E-state index in [0.29, 0.717) is 0 Å². The van der Waals surface area contributed by atoms with Crippen LogP contribution in [-0.4, -0.2) is 27.9 Å². The predicted octanol–water partition coefficient (Wildman–Crippen LogP) is 13.1. The monoisotopic (exact) mass is 856 g/mol. The fourth-order valence-corrected chi connectivity index (χ4v) is 9.14. The lowest BCUT2D eigenvalue weighted by molar-refractivity contribution is 1.10. The molecule has 58 heavy (non-hydrogen) atoms. The topological polar surface area (TPSA) is 44.5 Å². The molecule has 4 aromatic heterocycles. The normalized spacial score (nSPS) is 12.0. The number of halogens is 1. The van der Waals surface area contributed by atoms with E-state index < -0.39 is 0 Å². The van der Waals surface area contributed by atoms with Gasteiger partial charge >= 0.3 is 0 Å². The lowest BCUT2D eigenvalue weighted by Crippen LogP contribution is -1.95. The first-order valence-corrected chi connectivity index (χ1v) is 20.5. The third-order valence-electron chi connectivity index (χ3n) is 11.5. The first-order chi connectivity index (χ1) is 28.6. The van der Waals surface area contributed by atoms with Crippen LogP contribution in [0.5, 0.6) is 0 Å².